The molecule has 2 rings (SSSR count). The average Bonchev–Trinajstić information content (AvgIpc) is 2.64. The minimum absolute atomic E-state index is 0.445. The van der Waals surface area contributed by atoms with E-state index in [-0.39, 0.29) is 0 Å². The van der Waals surface area contributed by atoms with Crippen LogP contribution < -0.4 is 4.90 Å². The molecule has 0 saturated heterocycles. The number of thiophene rings is 1. The molecule has 2 aromatic heterocycles. The van der Waals surface area contributed by atoms with Crippen molar-refractivity contribution in [3.63, 3.8) is 0 Å². The van der Waals surface area contributed by atoms with Gasteiger partial charge in [-0.05, 0) is 12.1 Å². The highest BCUT2D eigenvalue weighted by molar-refractivity contribution is 7.16. The van der Waals surface area contributed by atoms with E-state index in [1.807, 2.05) is 24.1 Å². The highest BCUT2D eigenvalue weighted by atomic mass is 35.5. The van der Waals surface area contributed by atoms with Gasteiger partial charge in [0.2, 0.25) is 0 Å². The minimum atomic E-state index is 0.445. The van der Waals surface area contributed by atoms with Crippen LogP contribution >= 0.6 is 34.5 Å². The van der Waals surface area contributed by atoms with Crippen molar-refractivity contribution < 1.29 is 0 Å². The predicted molar refractivity (Wildman–Crippen MR) is 68.5 cm³/mol. The maximum absolute atomic E-state index is 5.87. The second-order valence-corrected chi connectivity index (χ2v) is 5.45. The summed E-state index contributed by atoms with van der Waals surface area (Å²) in [6, 6.07) is 5.63. The number of rotatable bonds is 3. The van der Waals surface area contributed by atoms with Gasteiger partial charge in [-0.1, -0.05) is 23.2 Å². The zero-order valence-corrected chi connectivity index (χ0v) is 10.9. The number of hydrogen-bond donors (Lipinski definition) is 0. The van der Waals surface area contributed by atoms with Gasteiger partial charge in [-0.25, -0.2) is 9.97 Å². The Labute approximate surface area is 108 Å². The first kappa shape index (κ1) is 11.6. The maximum Gasteiger partial charge on any atom is 0.134 e. The summed E-state index contributed by atoms with van der Waals surface area (Å²) >= 11 is 13.2. The summed E-state index contributed by atoms with van der Waals surface area (Å²) in [4.78, 5) is 11.2. The summed E-state index contributed by atoms with van der Waals surface area (Å²) in [5.41, 5.74) is 0. The second-order valence-electron chi connectivity index (χ2n) is 3.26. The van der Waals surface area contributed by atoms with Crippen LogP contribution in [0.5, 0.6) is 0 Å². The van der Waals surface area contributed by atoms with Gasteiger partial charge in [-0.15, -0.1) is 11.3 Å². The number of hydrogen-bond acceptors (Lipinski definition) is 4. The fourth-order valence-electron chi connectivity index (χ4n) is 1.28. The van der Waals surface area contributed by atoms with E-state index in [0.717, 1.165) is 16.7 Å². The molecule has 2 heterocycles. The summed E-state index contributed by atoms with van der Waals surface area (Å²) in [6.45, 7) is 0.755. The molecule has 0 aliphatic heterocycles. The molecule has 0 saturated carbocycles. The predicted octanol–water partition coefficient (Wildman–Crippen LogP) is 3.48. The molecule has 2 aromatic rings. The smallest absolute Gasteiger partial charge is 0.134 e. The lowest BCUT2D eigenvalue weighted by Crippen LogP contribution is -2.16. The molecule has 0 aliphatic rings. The lowest BCUT2D eigenvalue weighted by atomic mass is 10.4. The van der Waals surface area contributed by atoms with Gasteiger partial charge in [0.05, 0.1) is 10.9 Å². The lowest BCUT2D eigenvalue weighted by Gasteiger charge is -2.16. The molecule has 0 aliphatic carbocycles. The fraction of sp³-hybridized carbons (Fsp3) is 0.200. The molecule has 6 heteroatoms. The van der Waals surface area contributed by atoms with Crippen molar-refractivity contribution >= 4 is 40.4 Å². The van der Waals surface area contributed by atoms with Gasteiger partial charge in [0.25, 0.3) is 0 Å². The number of halogens is 2. The van der Waals surface area contributed by atoms with Crippen LogP contribution in [0.15, 0.2) is 24.5 Å². The largest absolute Gasteiger partial charge is 0.354 e. The van der Waals surface area contributed by atoms with Crippen molar-refractivity contribution in [2.45, 2.75) is 6.54 Å². The average molecular weight is 274 g/mol. The highest BCUT2D eigenvalue weighted by Gasteiger charge is 2.06. The molecule has 0 spiro atoms. The maximum atomic E-state index is 5.87. The van der Waals surface area contributed by atoms with Crippen LogP contribution in [0.1, 0.15) is 4.88 Å². The molecule has 0 fully saturated rings. The number of anilines is 1. The summed E-state index contributed by atoms with van der Waals surface area (Å²) in [5.74, 6) is 0.796. The molecule has 0 atom stereocenters. The van der Waals surface area contributed by atoms with Gasteiger partial charge < -0.3 is 4.90 Å². The van der Waals surface area contributed by atoms with E-state index in [2.05, 4.69) is 9.97 Å². The molecule has 0 unspecified atom stereocenters. The van der Waals surface area contributed by atoms with E-state index in [1.165, 1.54) is 11.2 Å². The normalized spacial score (nSPS) is 10.4. The van der Waals surface area contributed by atoms with E-state index in [9.17, 15) is 0 Å². The lowest BCUT2D eigenvalue weighted by molar-refractivity contribution is 0.904. The summed E-state index contributed by atoms with van der Waals surface area (Å²) in [6.07, 6.45) is 1.45. The Kier molecular flexibility index (Phi) is 3.63. The topological polar surface area (TPSA) is 29.0 Å². The van der Waals surface area contributed by atoms with Gasteiger partial charge in [0.15, 0.2) is 0 Å². The van der Waals surface area contributed by atoms with Crippen LogP contribution in [-0.4, -0.2) is 17.0 Å². The minimum Gasteiger partial charge on any atom is -0.354 e. The highest BCUT2D eigenvalue weighted by Crippen LogP contribution is 2.24. The standard InChI is InChI=1S/C10H9Cl2N3S/c1-15(5-7-2-3-9(12)16-7)10-4-8(11)13-6-14-10/h2-4,6H,5H2,1H3. The van der Waals surface area contributed by atoms with Crippen molar-refractivity contribution in [3.8, 4) is 0 Å². The van der Waals surface area contributed by atoms with Gasteiger partial charge in [0, 0.05) is 18.0 Å². The third kappa shape index (κ3) is 2.84. The Morgan fingerprint density at radius 3 is 2.75 bits per heavy atom. The summed E-state index contributed by atoms with van der Waals surface area (Å²) < 4.78 is 0.795. The Balaban J connectivity index is 2.11. The van der Waals surface area contributed by atoms with Gasteiger partial charge >= 0.3 is 0 Å². The quantitative estimate of drug-likeness (QED) is 0.802. The van der Waals surface area contributed by atoms with Crippen LogP contribution in [0.2, 0.25) is 9.49 Å². The van der Waals surface area contributed by atoms with Crippen LogP contribution in [0.3, 0.4) is 0 Å². The van der Waals surface area contributed by atoms with Crippen LogP contribution in [-0.2, 0) is 6.54 Å². The van der Waals surface area contributed by atoms with Crippen molar-refractivity contribution in [3.05, 3.63) is 38.9 Å². The van der Waals surface area contributed by atoms with Gasteiger partial charge in [-0.2, -0.15) is 0 Å². The first-order valence-electron chi connectivity index (χ1n) is 4.58. The Bertz CT molecular complexity index is 486. The van der Waals surface area contributed by atoms with E-state index in [0.29, 0.717) is 5.15 Å². The molecule has 0 aromatic carbocycles. The first-order chi connectivity index (χ1) is 7.65. The van der Waals surface area contributed by atoms with Gasteiger partial charge in [0.1, 0.15) is 17.3 Å². The first-order valence-corrected chi connectivity index (χ1v) is 6.15. The zero-order chi connectivity index (χ0) is 11.5. The van der Waals surface area contributed by atoms with Crippen LogP contribution in [0.25, 0.3) is 0 Å². The summed E-state index contributed by atoms with van der Waals surface area (Å²) in [5, 5.41) is 0.445. The van der Waals surface area contributed by atoms with Crippen LogP contribution in [0, 0.1) is 0 Å². The fourth-order valence-corrected chi connectivity index (χ4v) is 2.57. The third-order valence-corrected chi connectivity index (χ3v) is 3.45. The van der Waals surface area contributed by atoms with E-state index in [1.54, 1.807) is 17.4 Å². The Morgan fingerprint density at radius 1 is 1.31 bits per heavy atom. The molecule has 84 valence electrons. The molecule has 0 bridgehead atoms. The van der Waals surface area contributed by atoms with Crippen molar-refractivity contribution in [1.29, 1.82) is 0 Å². The molecular weight excluding hydrogens is 265 g/mol. The van der Waals surface area contributed by atoms with Crippen molar-refractivity contribution in [2.75, 3.05) is 11.9 Å². The Morgan fingerprint density at radius 2 is 2.12 bits per heavy atom. The van der Waals surface area contributed by atoms with Crippen molar-refractivity contribution in [2.24, 2.45) is 0 Å². The monoisotopic (exact) mass is 273 g/mol. The number of aromatic nitrogens is 2. The molecule has 0 radical (unpaired) electrons. The Hall–Kier alpha value is -0.840. The third-order valence-electron chi connectivity index (χ3n) is 2.03. The SMILES string of the molecule is CN(Cc1ccc(Cl)s1)c1cc(Cl)ncn1. The molecule has 0 amide bonds. The van der Waals surface area contributed by atoms with Gasteiger partial charge in [-0.3, -0.25) is 0 Å². The van der Waals surface area contributed by atoms with Crippen LogP contribution in [0.4, 0.5) is 5.82 Å². The van der Waals surface area contributed by atoms with E-state index < -0.39 is 0 Å². The summed E-state index contributed by atoms with van der Waals surface area (Å²) in [7, 11) is 1.95. The molecule has 16 heavy (non-hydrogen) atoms. The number of nitrogens with zero attached hydrogens (tertiary/aromatic N) is 3. The second kappa shape index (κ2) is 4.99. The molecule has 3 nitrogen and oxygen atoms in total. The zero-order valence-electron chi connectivity index (χ0n) is 8.52. The molecular formula is C10H9Cl2N3S. The van der Waals surface area contributed by atoms with Crippen molar-refractivity contribution in [1.82, 2.24) is 9.97 Å². The van der Waals surface area contributed by atoms with E-state index in [4.69, 9.17) is 23.2 Å². The van der Waals surface area contributed by atoms with E-state index >= 15 is 0 Å². The molecule has 0 N–H and O–H groups in total.